The summed E-state index contributed by atoms with van der Waals surface area (Å²) >= 11 is 2.24. The molecule has 0 aliphatic heterocycles. The predicted octanol–water partition coefficient (Wildman–Crippen LogP) is 2.29. The van der Waals surface area contributed by atoms with Gasteiger partial charge in [0, 0.05) is 15.3 Å². The molecule has 0 saturated carbocycles. The van der Waals surface area contributed by atoms with Gasteiger partial charge in [-0.3, -0.25) is 0 Å². The van der Waals surface area contributed by atoms with E-state index >= 15 is 0 Å². The molecular weight excluding hydrogens is 237 g/mol. The van der Waals surface area contributed by atoms with E-state index in [0.717, 1.165) is 5.69 Å². The molecule has 0 bridgehead atoms. The number of nitrogens with one attached hydrogen (secondary N) is 1. The molecule has 1 aromatic carbocycles. The zero-order valence-corrected chi connectivity index (χ0v) is 7.42. The summed E-state index contributed by atoms with van der Waals surface area (Å²) in [5.41, 5.74) is 0.967. The molecule has 0 amide bonds. The van der Waals surface area contributed by atoms with Crippen LogP contribution in [0.15, 0.2) is 24.3 Å². The second-order valence-electron chi connectivity index (χ2n) is 1.78. The maximum Gasteiger partial charge on any atom is 0.0469 e. The van der Waals surface area contributed by atoms with E-state index in [1.807, 2.05) is 24.3 Å². The van der Waals surface area contributed by atoms with Crippen LogP contribution in [0.1, 0.15) is 0 Å². The van der Waals surface area contributed by atoms with E-state index in [1.54, 1.807) is 0 Å². The molecule has 0 aliphatic carbocycles. The van der Waals surface area contributed by atoms with Crippen LogP contribution < -0.4 is 5.32 Å². The molecule has 1 rings (SSSR count). The molecular formula is C8H6IN. The number of benzene rings is 1. The van der Waals surface area contributed by atoms with Crippen molar-refractivity contribution >= 4 is 28.3 Å². The summed E-state index contributed by atoms with van der Waals surface area (Å²) in [6.07, 6.45) is 5.05. The Morgan fingerprint density at radius 2 is 2.30 bits per heavy atom. The number of anilines is 1. The van der Waals surface area contributed by atoms with Gasteiger partial charge in [0.25, 0.3) is 0 Å². The van der Waals surface area contributed by atoms with Crippen LogP contribution >= 0.6 is 22.6 Å². The monoisotopic (exact) mass is 243 g/mol. The van der Waals surface area contributed by atoms with Gasteiger partial charge in [-0.15, -0.1) is 0 Å². The normalized spacial score (nSPS) is 8.40. The van der Waals surface area contributed by atoms with Gasteiger partial charge < -0.3 is 5.32 Å². The molecule has 0 heterocycles. The highest BCUT2D eigenvalue weighted by atomic mass is 127. The first kappa shape index (κ1) is 7.42. The van der Waals surface area contributed by atoms with Crippen LogP contribution in [0, 0.1) is 16.0 Å². The van der Waals surface area contributed by atoms with Crippen LogP contribution in [0.3, 0.4) is 0 Å². The van der Waals surface area contributed by atoms with Gasteiger partial charge in [-0.2, -0.15) is 0 Å². The lowest BCUT2D eigenvalue weighted by Crippen LogP contribution is -1.86. The zero-order valence-electron chi connectivity index (χ0n) is 5.26. The Kier molecular flexibility index (Phi) is 2.57. The van der Waals surface area contributed by atoms with E-state index in [2.05, 4.69) is 34.0 Å². The summed E-state index contributed by atoms with van der Waals surface area (Å²) in [7, 11) is 0. The van der Waals surface area contributed by atoms with Crippen molar-refractivity contribution in [1.29, 1.82) is 0 Å². The van der Waals surface area contributed by atoms with Crippen LogP contribution in [0.25, 0.3) is 0 Å². The molecule has 10 heavy (non-hydrogen) atoms. The number of rotatable bonds is 1. The summed E-state index contributed by atoms with van der Waals surface area (Å²) in [5.74, 6) is 0. The first-order valence-corrected chi connectivity index (χ1v) is 3.88. The molecule has 0 aromatic heterocycles. The lowest BCUT2D eigenvalue weighted by Gasteiger charge is -1.96. The lowest BCUT2D eigenvalue weighted by atomic mass is 10.3. The van der Waals surface area contributed by atoms with E-state index in [1.165, 1.54) is 3.57 Å². The third kappa shape index (κ3) is 1.92. The number of hydrogen-bond acceptors (Lipinski definition) is 1. The van der Waals surface area contributed by atoms with Gasteiger partial charge in [0.1, 0.15) is 0 Å². The van der Waals surface area contributed by atoms with Gasteiger partial charge in [0.05, 0.1) is 0 Å². The van der Waals surface area contributed by atoms with Crippen molar-refractivity contribution in [2.24, 2.45) is 0 Å². The van der Waals surface area contributed by atoms with Crippen molar-refractivity contribution in [2.45, 2.75) is 0 Å². The second kappa shape index (κ2) is 3.47. The van der Waals surface area contributed by atoms with Crippen LogP contribution in [0.5, 0.6) is 0 Å². The summed E-state index contributed by atoms with van der Waals surface area (Å²) in [6.45, 7) is 0. The Morgan fingerprint density at radius 3 is 2.90 bits per heavy atom. The average Bonchev–Trinajstić information content (AvgIpc) is 1.88. The van der Waals surface area contributed by atoms with Crippen molar-refractivity contribution in [2.75, 3.05) is 5.32 Å². The first-order valence-electron chi connectivity index (χ1n) is 2.80. The SMILES string of the molecule is C#CNc1cccc(I)c1. The minimum Gasteiger partial charge on any atom is -0.315 e. The number of halogens is 1. The van der Waals surface area contributed by atoms with Crippen LogP contribution in [0.2, 0.25) is 0 Å². The fourth-order valence-corrected chi connectivity index (χ4v) is 1.19. The minimum absolute atomic E-state index is 0.967. The summed E-state index contributed by atoms with van der Waals surface area (Å²) in [5, 5.41) is 2.77. The van der Waals surface area contributed by atoms with Crippen LogP contribution in [-0.4, -0.2) is 0 Å². The molecule has 0 unspecified atom stereocenters. The van der Waals surface area contributed by atoms with Crippen molar-refractivity contribution in [3.05, 3.63) is 27.8 Å². The highest BCUT2D eigenvalue weighted by Gasteiger charge is 1.87. The van der Waals surface area contributed by atoms with Crippen LogP contribution in [0.4, 0.5) is 5.69 Å². The molecule has 0 fully saturated rings. The van der Waals surface area contributed by atoms with Gasteiger partial charge in [-0.1, -0.05) is 12.5 Å². The fourth-order valence-electron chi connectivity index (χ4n) is 0.650. The fraction of sp³-hybridized carbons (Fsp3) is 0. The highest BCUT2D eigenvalue weighted by Crippen LogP contribution is 2.11. The molecule has 0 atom stereocenters. The van der Waals surface area contributed by atoms with Crippen LogP contribution in [-0.2, 0) is 0 Å². The molecule has 0 radical (unpaired) electrons. The largest absolute Gasteiger partial charge is 0.315 e. The third-order valence-electron chi connectivity index (χ3n) is 1.04. The minimum atomic E-state index is 0.967. The third-order valence-corrected chi connectivity index (χ3v) is 1.71. The quantitative estimate of drug-likeness (QED) is 0.453. The standard InChI is InChI=1S/C8H6IN/c1-2-10-8-5-3-4-7(9)6-8/h1,3-6,10H. The molecule has 1 N–H and O–H groups in total. The molecule has 50 valence electrons. The second-order valence-corrected chi connectivity index (χ2v) is 3.03. The Hall–Kier alpha value is -0.690. The Balaban J connectivity index is 2.87. The molecule has 0 aliphatic rings. The summed E-state index contributed by atoms with van der Waals surface area (Å²) in [4.78, 5) is 0. The van der Waals surface area contributed by atoms with E-state index in [-0.39, 0.29) is 0 Å². The van der Waals surface area contributed by atoms with E-state index < -0.39 is 0 Å². The van der Waals surface area contributed by atoms with Gasteiger partial charge in [0.2, 0.25) is 0 Å². The highest BCUT2D eigenvalue weighted by molar-refractivity contribution is 14.1. The maximum absolute atomic E-state index is 5.05. The van der Waals surface area contributed by atoms with Crippen molar-refractivity contribution in [3.8, 4) is 12.5 Å². The smallest absolute Gasteiger partial charge is 0.0469 e. The van der Waals surface area contributed by atoms with Crippen molar-refractivity contribution in [3.63, 3.8) is 0 Å². The Labute approximate surface area is 74.0 Å². The van der Waals surface area contributed by atoms with Gasteiger partial charge in [0.15, 0.2) is 0 Å². The Morgan fingerprint density at radius 1 is 1.50 bits per heavy atom. The average molecular weight is 243 g/mol. The molecule has 0 saturated heterocycles. The number of terminal acetylenes is 1. The number of hydrogen-bond donors (Lipinski definition) is 1. The zero-order chi connectivity index (χ0) is 7.40. The Bertz CT molecular complexity index is 262. The maximum atomic E-state index is 5.05. The van der Waals surface area contributed by atoms with Crippen molar-refractivity contribution < 1.29 is 0 Å². The van der Waals surface area contributed by atoms with E-state index in [4.69, 9.17) is 6.42 Å². The molecule has 1 nitrogen and oxygen atoms in total. The lowest BCUT2D eigenvalue weighted by molar-refractivity contribution is 1.59. The van der Waals surface area contributed by atoms with E-state index in [0.29, 0.717) is 0 Å². The van der Waals surface area contributed by atoms with Gasteiger partial charge in [-0.25, -0.2) is 0 Å². The molecule has 0 spiro atoms. The first-order chi connectivity index (χ1) is 4.83. The molecule has 1 aromatic rings. The van der Waals surface area contributed by atoms with Crippen molar-refractivity contribution in [1.82, 2.24) is 0 Å². The van der Waals surface area contributed by atoms with E-state index in [9.17, 15) is 0 Å². The molecule has 2 heteroatoms. The summed E-state index contributed by atoms with van der Waals surface area (Å²) in [6, 6.07) is 10.3. The topological polar surface area (TPSA) is 12.0 Å². The van der Waals surface area contributed by atoms with Gasteiger partial charge in [-0.05, 0) is 40.8 Å². The summed E-state index contributed by atoms with van der Waals surface area (Å²) < 4.78 is 1.18. The predicted molar refractivity (Wildman–Crippen MR) is 51.6 cm³/mol. The van der Waals surface area contributed by atoms with Gasteiger partial charge >= 0.3 is 0 Å².